The Morgan fingerprint density at radius 3 is 1.64 bits per heavy atom. The van der Waals surface area contributed by atoms with Crippen LogP contribution in [0.15, 0.2) is 0 Å². The van der Waals surface area contributed by atoms with Crippen molar-refractivity contribution in [3.05, 3.63) is 0 Å². The average molecular weight is 318 g/mol. The van der Waals surface area contributed by atoms with Crippen molar-refractivity contribution in [2.45, 2.75) is 64.9 Å². The summed E-state index contributed by atoms with van der Waals surface area (Å²) in [7, 11) is 0. The van der Waals surface area contributed by atoms with Crippen molar-refractivity contribution in [3.63, 3.8) is 0 Å². The molecular weight excluding hydrogens is 292 g/mol. The van der Waals surface area contributed by atoms with E-state index in [-0.39, 0.29) is 19.4 Å². The summed E-state index contributed by atoms with van der Waals surface area (Å²) in [6, 6.07) is 0. The molecule has 22 heavy (non-hydrogen) atoms. The molecule has 0 rings (SSSR count). The smallest absolute Gasteiger partial charge is 0.337 e. The maximum absolute atomic E-state index is 12.0. The van der Waals surface area contributed by atoms with Crippen molar-refractivity contribution in [2.24, 2.45) is 5.41 Å². The fraction of sp³-hybridized carbons (Fsp3) is 0.800. The molecule has 0 saturated carbocycles. The van der Waals surface area contributed by atoms with E-state index in [2.05, 4.69) is 0 Å². The molecule has 0 spiro atoms. The largest absolute Gasteiger partial charge is 0.481 e. The van der Waals surface area contributed by atoms with Gasteiger partial charge in [-0.05, 0) is 19.3 Å². The maximum atomic E-state index is 12.0. The molecule has 0 amide bonds. The molecule has 0 aliphatic carbocycles. The Morgan fingerprint density at radius 1 is 0.864 bits per heavy atom. The summed E-state index contributed by atoms with van der Waals surface area (Å²) in [4.78, 5) is 35.1. The van der Waals surface area contributed by atoms with Crippen LogP contribution in [0.25, 0.3) is 0 Å². The lowest BCUT2D eigenvalue weighted by molar-refractivity contribution is -0.207. The van der Waals surface area contributed by atoms with Crippen molar-refractivity contribution in [2.75, 3.05) is 6.61 Å². The molecule has 7 nitrogen and oxygen atoms in total. The van der Waals surface area contributed by atoms with Gasteiger partial charge in [-0.25, -0.2) is 4.79 Å². The van der Waals surface area contributed by atoms with E-state index < -0.39 is 35.3 Å². The zero-order chi connectivity index (χ0) is 17.4. The van der Waals surface area contributed by atoms with E-state index >= 15 is 0 Å². The zero-order valence-electron chi connectivity index (χ0n) is 13.4. The number of hydrogen-bond donors (Lipinski definition) is 3. The van der Waals surface area contributed by atoms with Crippen LogP contribution in [0.1, 0.15) is 59.3 Å². The van der Waals surface area contributed by atoms with Gasteiger partial charge in [0.05, 0.1) is 6.42 Å². The molecular formula is C15H26O7. The predicted molar refractivity (Wildman–Crippen MR) is 78.7 cm³/mol. The Kier molecular flexibility index (Phi) is 8.08. The lowest BCUT2D eigenvalue weighted by Gasteiger charge is -2.44. The highest BCUT2D eigenvalue weighted by atomic mass is 16.5. The fourth-order valence-electron chi connectivity index (χ4n) is 2.96. The first-order valence-corrected chi connectivity index (χ1v) is 7.56. The van der Waals surface area contributed by atoms with E-state index in [4.69, 9.17) is 9.84 Å². The number of hydrogen-bond acceptors (Lipinski definition) is 4. The third-order valence-corrected chi connectivity index (χ3v) is 3.83. The molecule has 0 heterocycles. The number of carboxylic acids is 3. The van der Waals surface area contributed by atoms with Gasteiger partial charge in [0.2, 0.25) is 0 Å². The SMILES string of the molecule is CCCOC(CC(=O)O)(C(=O)O)C(CCC)(CCC)C(=O)O. The molecule has 1 unspecified atom stereocenters. The van der Waals surface area contributed by atoms with Crippen molar-refractivity contribution < 1.29 is 34.4 Å². The molecule has 1 atom stereocenters. The minimum Gasteiger partial charge on any atom is -0.481 e. The van der Waals surface area contributed by atoms with Gasteiger partial charge in [0.25, 0.3) is 0 Å². The summed E-state index contributed by atoms with van der Waals surface area (Å²) in [6.45, 7) is 5.21. The van der Waals surface area contributed by atoms with Gasteiger partial charge in [0.15, 0.2) is 5.60 Å². The lowest BCUT2D eigenvalue weighted by atomic mass is 9.64. The van der Waals surface area contributed by atoms with Gasteiger partial charge in [-0.3, -0.25) is 9.59 Å². The Bertz CT molecular complexity index is 399. The van der Waals surface area contributed by atoms with Crippen LogP contribution in [0.4, 0.5) is 0 Å². The topological polar surface area (TPSA) is 121 Å². The Labute approximate surface area is 130 Å². The summed E-state index contributed by atoms with van der Waals surface area (Å²) in [6.07, 6.45) is 0.489. The molecule has 0 saturated heterocycles. The summed E-state index contributed by atoms with van der Waals surface area (Å²) in [5, 5.41) is 28.6. The molecule has 0 fully saturated rings. The number of aliphatic carboxylic acids is 3. The van der Waals surface area contributed by atoms with E-state index in [0.29, 0.717) is 19.3 Å². The second kappa shape index (κ2) is 8.73. The minimum atomic E-state index is -2.27. The molecule has 0 aliphatic rings. The van der Waals surface area contributed by atoms with Crippen LogP contribution in [0, 0.1) is 5.41 Å². The third kappa shape index (κ3) is 3.97. The van der Waals surface area contributed by atoms with Crippen LogP contribution >= 0.6 is 0 Å². The van der Waals surface area contributed by atoms with E-state index in [9.17, 15) is 24.6 Å². The van der Waals surface area contributed by atoms with E-state index in [1.54, 1.807) is 20.8 Å². The molecule has 0 aromatic rings. The minimum absolute atomic E-state index is 0.0119. The van der Waals surface area contributed by atoms with Gasteiger partial charge in [0.1, 0.15) is 5.41 Å². The molecule has 0 aromatic carbocycles. The highest BCUT2D eigenvalue weighted by molar-refractivity contribution is 5.92. The first-order chi connectivity index (χ1) is 10.2. The summed E-state index contributed by atoms with van der Waals surface area (Å²) >= 11 is 0. The van der Waals surface area contributed by atoms with Gasteiger partial charge >= 0.3 is 17.9 Å². The Morgan fingerprint density at radius 2 is 1.36 bits per heavy atom. The van der Waals surface area contributed by atoms with Crippen molar-refractivity contribution in [1.29, 1.82) is 0 Å². The zero-order valence-corrected chi connectivity index (χ0v) is 13.4. The molecule has 0 bridgehead atoms. The van der Waals surface area contributed by atoms with Crippen LogP contribution in [-0.4, -0.2) is 45.4 Å². The van der Waals surface area contributed by atoms with Gasteiger partial charge in [0, 0.05) is 6.61 Å². The second-order valence-electron chi connectivity index (χ2n) is 5.44. The summed E-state index contributed by atoms with van der Waals surface area (Å²) in [5.74, 6) is -4.25. The normalized spacial score (nSPS) is 14.3. The first-order valence-electron chi connectivity index (χ1n) is 7.56. The first kappa shape index (κ1) is 20.4. The number of ether oxygens (including phenoxy) is 1. The lowest BCUT2D eigenvalue weighted by Crippen LogP contribution is -2.61. The fourth-order valence-corrected chi connectivity index (χ4v) is 2.96. The Hall–Kier alpha value is -1.63. The number of rotatable bonds is 12. The average Bonchev–Trinajstić information content (AvgIpc) is 2.42. The standard InChI is InChI=1S/C15H26O7/c1-4-7-14(8-5-2,12(18)19)15(13(20)21,10-11(16)17)22-9-6-3/h4-10H2,1-3H3,(H,16,17)(H,18,19)(H,20,21). The molecule has 0 aliphatic heterocycles. The molecule has 3 N–H and O–H groups in total. The second-order valence-corrected chi connectivity index (χ2v) is 5.44. The predicted octanol–water partition coefficient (Wildman–Crippen LogP) is 2.38. The molecule has 128 valence electrons. The number of carbonyl (C=O) groups is 3. The van der Waals surface area contributed by atoms with E-state index in [1.807, 2.05) is 0 Å². The van der Waals surface area contributed by atoms with Gasteiger partial charge in [-0.1, -0.05) is 33.6 Å². The Balaban J connectivity index is 6.25. The van der Waals surface area contributed by atoms with Gasteiger partial charge in [-0.2, -0.15) is 0 Å². The van der Waals surface area contributed by atoms with E-state index in [0.717, 1.165) is 0 Å². The third-order valence-electron chi connectivity index (χ3n) is 3.83. The van der Waals surface area contributed by atoms with Crippen LogP contribution in [0.5, 0.6) is 0 Å². The monoisotopic (exact) mass is 318 g/mol. The molecule has 7 heteroatoms. The van der Waals surface area contributed by atoms with Crippen LogP contribution < -0.4 is 0 Å². The van der Waals surface area contributed by atoms with Gasteiger partial charge in [-0.15, -0.1) is 0 Å². The molecule has 0 aromatic heterocycles. The van der Waals surface area contributed by atoms with Crippen LogP contribution in [0.3, 0.4) is 0 Å². The molecule has 0 radical (unpaired) electrons. The summed E-state index contributed by atoms with van der Waals surface area (Å²) < 4.78 is 5.42. The number of carboxylic acid groups (broad SMARTS) is 3. The van der Waals surface area contributed by atoms with Crippen molar-refractivity contribution >= 4 is 17.9 Å². The highest BCUT2D eigenvalue weighted by Crippen LogP contribution is 2.46. The highest BCUT2D eigenvalue weighted by Gasteiger charge is 2.62. The van der Waals surface area contributed by atoms with Crippen LogP contribution in [0.2, 0.25) is 0 Å². The van der Waals surface area contributed by atoms with Crippen molar-refractivity contribution in [3.8, 4) is 0 Å². The summed E-state index contributed by atoms with van der Waals surface area (Å²) in [5.41, 5.74) is -4.04. The van der Waals surface area contributed by atoms with Crippen LogP contribution in [-0.2, 0) is 19.1 Å². The van der Waals surface area contributed by atoms with E-state index in [1.165, 1.54) is 0 Å². The van der Waals surface area contributed by atoms with Crippen molar-refractivity contribution in [1.82, 2.24) is 0 Å². The van der Waals surface area contributed by atoms with Gasteiger partial charge < -0.3 is 20.1 Å². The maximum Gasteiger partial charge on any atom is 0.337 e. The quantitative estimate of drug-likeness (QED) is 0.505.